The Kier molecular flexibility index (Phi) is 12.5. The summed E-state index contributed by atoms with van der Waals surface area (Å²) in [5.41, 5.74) is -0.629. The quantitative estimate of drug-likeness (QED) is 0.173. The van der Waals surface area contributed by atoms with Crippen LogP contribution in [0.5, 0.6) is 0 Å². The zero-order valence-electron chi connectivity index (χ0n) is 19.4. The molecule has 174 valence electrons. The first kappa shape index (κ1) is 26.8. The molecule has 30 heavy (non-hydrogen) atoms. The summed E-state index contributed by atoms with van der Waals surface area (Å²) < 4.78 is 28.7. The fourth-order valence-corrected chi connectivity index (χ4v) is 4.96. The zero-order chi connectivity index (χ0) is 22.6. The second-order valence-electron chi connectivity index (χ2n) is 9.21. The number of esters is 1. The predicted octanol–water partition coefficient (Wildman–Crippen LogP) is 5.94. The van der Waals surface area contributed by atoms with Crippen LogP contribution in [-0.2, 0) is 23.4 Å². The van der Waals surface area contributed by atoms with Gasteiger partial charge in [0.1, 0.15) is 11.5 Å². The van der Waals surface area contributed by atoms with Crippen LogP contribution in [0.2, 0.25) is 0 Å². The number of methoxy groups -OCH3 is 1. The lowest BCUT2D eigenvalue weighted by atomic mass is 9.83. The van der Waals surface area contributed by atoms with Crippen LogP contribution < -0.4 is 5.32 Å². The molecule has 1 N–H and O–H groups in total. The minimum absolute atomic E-state index is 0.110. The molecule has 7 nitrogen and oxygen atoms in total. The van der Waals surface area contributed by atoms with Gasteiger partial charge in [0.05, 0.1) is 7.11 Å². The van der Waals surface area contributed by atoms with E-state index in [-0.39, 0.29) is 12.1 Å². The average Bonchev–Trinajstić information content (AvgIpc) is 2.66. The van der Waals surface area contributed by atoms with E-state index in [4.69, 9.17) is 14.0 Å². The lowest BCUT2D eigenvalue weighted by Crippen LogP contribution is -2.39. The number of carbonyl (C=O) groups is 2. The number of rotatable bonds is 12. The maximum absolute atomic E-state index is 12.8. The Morgan fingerprint density at radius 2 is 1.80 bits per heavy atom. The van der Waals surface area contributed by atoms with Crippen LogP contribution in [0.4, 0.5) is 4.79 Å². The van der Waals surface area contributed by atoms with Crippen LogP contribution in [-0.4, -0.2) is 37.2 Å². The van der Waals surface area contributed by atoms with Crippen molar-refractivity contribution >= 4 is 20.1 Å². The normalized spacial score (nSPS) is 17.7. The van der Waals surface area contributed by atoms with E-state index >= 15 is 0 Å². The van der Waals surface area contributed by atoms with Gasteiger partial charge in [-0.15, -0.1) is 4.52 Å². The van der Waals surface area contributed by atoms with E-state index in [9.17, 15) is 14.2 Å². The Balaban J connectivity index is 2.67. The molecule has 0 aromatic heterocycles. The molecule has 0 radical (unpaired) electrons. The predicted molar refractivity (Wildman–Crippen MR) is 118 cm³/mol. The molecule has 1 saturated carbocycles. The van der Waals surface area contributed by atoms with Crippen LogP contribution in [0, 0.1) is 11.8 Å². The number of carbonyl (C=O) groups excluding carboxylic acids is 2. The van der Waals surface area contributed by atoms with Crippen LogP contribution >= 0.6 is 8.03 Å². The monoisotopic (exact) mass is 446 g/mol. The summed E-state index contributed by atoms with van der Waals surface area (Å²) >= 11 is 0. The van der Waals surface area contributed by atoms with Gasteiger partial charge in [-0.1, -0.05) is 51.9 Å². The first-order valence-electron chi connectivity index (χ1n) is 11.3. The Morgan fingerprint density at radius 3 is 2.37 bits per heavy atom. The maximum Gasteiger partial charge on any atom is 0.511 e. The van der Waals surface area contributed by atoms with Gasteiger partial charge in [0.25, 0.3) is 0 Å². The molecule has 3 atom stereocenters. The third kappa shape index (κ3) is 11.8. The highest BCUT2D eigenvalue weighted by Gasteiger charge is 2.36. The second kappa shape index (κ2) is 14.0. The number of hydrogen-bond acceptors (Lipinski definition) is 6. The number of amides is 1. The average molecular weight is 447 g/mol. The van der Waals surface area contributed by atoms with Crippen molar-refractivity contribution in [2.45, 2.75) is 104 Å². The minimum Gasteiger partial charge on any atom is -0.469 e. The van der Waals surface area contributed by atoms with Crippen molar-refractivity contribution in [2.75, 3.05) is 13.3 Å². The Morgan fingerprint density at radius 1 is 1.13 bits per heavy atom. The minimum atomic E-state index is -2.13. The van der Waals surface area contributed by atoms with E-state index in [0.717, 1.165) is 32.1 Å². The molecule has 0 aromatic carbocycles. The van der Waals surface area contributed by atoms with Crippen LogP contribution in [0.3, 0.4) is 0 Å². The maximum atomic E-state index is 12.8. The van der Waals surface area contributed by atoms with Crippen molar-refractivity contribution in [3.8, 4) is 0 Å². The molecule has 0 aliphatic heterocycles. The summed E-state index contributed by atoms with van der Waals surface area (Å²) in [5.74, 6) is -0.318. The summed E-state index contributed by atoms with van der Waals surface area (Å²) in [6, 6.07) is 0. The van der Waals surface area contributed by atoms with Crippen molar-refractivity contribution in [2.24, 2.45) is 11.8 Å². The fraction of sp³-hybridized carbons (Fsp3) is 0.909. The number of alkyl carbamates (subject to hydrolysis) is 1. The summed E-state index contributed by atoms with van der Waals surface area (Å²) in [4.78, 5) is 24.4. The van der Waals surface area contributed by atoms with Crippen LogP contribution in [0.1, 0.15) is 91.9 Å². The Labute approximate surface area is 182 Å². The van der Waals surface area contributed by atoms with Crippen LogP contribution in [0.15, 0.2) is 0 Å². The van der Waals surface area contributed by atoms with E-state index < -0.39 is 31.9 Å². The van der Waals surface area contributed by atoms with Gasteiger partial charge in [0, 0.05) is 0 Å². The molecular weight excluding hydrogens is 405 g/mol. The lowest BCUT2D eigenvalue weighted by Gasteiger charge is -2.24. The van der Waals surface area contributed by atoms with E-state index in [1.54, 1.807) is 20.8 Å². The van der Waals surface area contributed by atoms with E-state index in [0.29, 0.717) is 18.8 Å². The summed E-state index contributed by atoms with van der Waals surface area (Å²) in [7, 11) is -0.767. The highest BCUT2D eigenvalue weighted by Crippen LogP contribution is 2.35. The fourth-order valence-electron chi connectivity index (χ4n) is 3.77. The molecular formula is C22H41NO6P+. The van der Waals surface area contributed by atoms with Crippen molar-refractivity contribution in [3.63, 3.8) is 0 Å². The van der Waals surface area contributed by atoms with E-state index in [2.05, 4.69) is 12.2 Å². The molecule has 1 aliphatic carbocycles. The highest BCUT2D eigenvalue weighted by atomic mass is 31.1. The summed E-state index contributed by atoms with van der Waals surface area (Å²) in [6.07, 6.45) is 8.68. The second-order valence-corrected chi connectivity index (χ2v) is 10.5. The van der Waals surface area contributed by atoms with Gasteiger partial charge < -0.3 is 9.47 Å². The molecule has 1 amide bonds. The largest absolute Gasteiger partial charge is 0.511 e. The van der Waals surface area contributed by atoms with Crippen molar-refractivity contribution in [1.82, 2.24) is 5.32 Å². The first-order chi connectivity index (χ1) is 14.1. The molecule has 3 unspecified atom stereocenters. The number of hydrogen-bond donors (Lipinski definition) is 1. The van der Waals surface area contributed by atoms with E-state index in [1.807, 2.05) is 0 Å². The van der Waals surface area contributed by atoms with Gasteiger partial charge in [-0.25, -0.2) is 4.79 Å². The van der Waals surface area contributed by atoms with Gasteiger partial charge in [-0.3, -0.25) is 10.1 Å². The smallest absolute Gasteiger partial charge is 0.469 e. The zero-order valence-corrected chi connectivity index (χ0v) is 20.3. The van der Waals surface area contributed by atoms with Gasteiger partial charge in [-0.05, 0) is 50.5 Å². The molecule has 0 bridgehead atoms. The van der Waals surface area contributed by atoms with Crippen molar-refractivity contribution in [3.05, 3.63) is 0 Å². The molecule has 0 spiro atoms. The van der Waals surface area contributed by atoms with Crippen LogP contribution in [0.25, 0.3) is 0 Å². The highest BCUT2D eigenvalue weighted by molar-refractivity contribution is 7.39. The van der Waals surface area contributed by atoms with Gasteiger partial charge in [0.15, 0.2) is 12.4 Å². The SMILES string of the molecule is CCCCCC(NC(=O)OC(C)(C)C)O[P+](=O)CC(CC1CCCCC1)C(=O)OC. The Bertz CT molecular complexity index is 542. The molecule has 8 heteroatoms. The molecule has 1 rings (SSSR count). The lowest BCUT2D eigenvalue weighted by molar-refractivity contribution is -0.145. The number of unbranched alkanes of at least 4 members (excludes halogenated alkanes) is 2. The summed E-state index contributed by atoms with van der Waals surface area (Å²) in [6.45, 7) is 7.44. The van der Waals surface area contributed by atoms with Gasteiger partial charge in [-0.2, -0.15) is 0 Å². The standard InChI is InChI=1S/C22H40NO6P/c1-6-7-9-14-19(23-21(25)28-22(2,3)4)29-30(26)16-18(20(24)27-5)15-17-12-10-8-11-13-17/h17-19H,6-16H2,1-5H3/p+1. The van der Waals surface area contributed by atoms with Crippen molar-refractivity contribution < 1.29 is 28.2 Å². The molecule has 0 aromatic rings. The topological polar surface area (TPSA) is 90.9 Å². The van der Waals surface area contributed by atoms with E-state index in [1.165, 1.54) is 26.4 Å². The van der Waals surface area contributed by atoms with Gasteiger partial charge in [0.2, 0.25) is 0 Å². The summed E-state index contributed by atoms with van der Waals surface area (Å²) in [5, 5.41) is 2.68. The van der Waals surface area contributed by atoms with Gasteiger partial charge >= 0.3 is 20.1 Å². The third-order valence-corrected chi connectivity index (χ3v) is 6.47. The Hall–Kier alpha value is -1.20. The molecule has 1 aliphatic rings. The number of nitrogens with one attached hydrogen (secondary N) is 1. The van der Waals surface area contributed by atoms with Crippen molar-refractivity contribution in [1.29, 1.82) is 0 Å². The third-order valence-electron chi connectivity index (χ3n) is 5.24. The molecule has 0 saturated heterocycles. The first-order valence-corrected chi connectivity index (χ1v) is 12.7. The molecule has 1 fully saturated rings. The molecule has 0 heterocycles. The number of ether oxygens (including phenoxy) is 2.